The Bertz CT molecular complexity index is 571. The minimum absolute atomic E-state index is 0. The van der Waals surface area contributed by atoms with Crippen LogP contribution in [0.4, 0.5) is 0 Å². The third kappa shape index (κ3) is 4.13. The highest BCUT2D eigenvalue weighted by atomic mass is 14.6. The van der Waals surface area contributed by atoms with Crippen LogP contribution in [0.25, 0.3) is 0 Å². The second-order valence-electron chi connectivity index (χ2n) is 12.3. The number of unbranched alkanes of at least 4 members (excludes halogenated alkanes) is 1. The number of fused-ring (bicyclic) bond motifs is 5. The molecule has 0 aromatic rings. The van der Waals surface area contributed by atoms with Gasteiger partial charge in [-0.15, -0.1) is 0 Å². The van der Waals surface area contributed by atoms with Crippen LogP contribution in [0.2, 0.25) is 0 Å². The Morgan fingerprint density at radius 1 is 1.00 bits per heavy atom. The van der Waals surface area contributed by atoms with E-state index in [-0.39, 0.29) is 7.43 Å². The summed E-state index contributed by atoms with van der Waals surface area (Å²) in [6.45, 7) is 12.6. The van der Waals surface area contributed by atoms with Gasteiger partial charge in [0.15, 0.2) is 0 Å². The monoisotopic (exact) mass is 400 g/mol. The summed E-state index contributed by atoms with van der Waals surface area (Å²) in [6, 6.07) is 0. The Morgan fingerprint density at radius 3 is 2.52 bits per heavy atom. The normalized spacial score (nSPS) is 43.8. The summed E-state index contributed by atoms with van der Waals surface area (Å²) in [7, 11) is 0. The Labute approximate surface area is 183 Å². The van der Waals surface area contributed by atoms with E-state index in [2.05, 4.69) is 40.7 Å². The first-order valence-corrected chi connectivity index (χ1v) is 13.1. The van der Waals surface area contributed by atoms with Gasteiger partial charge in [-0.2, -0.15) is 0 Å². The van der Waals surface area contributed by atoms with E-state index < -0.39 is 0 Å². The largest absolute Gasteiger partial charge is 0.0845 e. The van der Waals surface area contributed by atoms with Crippen molar-refractivity contribution in [2.45, 2.75) is 126 Å². The van der Waals surface area contributed by atoms with Gasteiger partial charge in [-0.3, -0.25) is 0 Å². The standard InChI is InChI=1S/C28H48.CH4/c1-6-21-15-17-28(5)23(19-21)11-13-24-25-14-12-22(10-8-7-9-20(2)3)27(25,4)18-16-26(24)28;/h11,20-22,24-26H,6-10,12-19H2,1-5H3;1H4. The molecule has 0 heterocycles. The van der Waals surface area contributed by atoms with E-state index >= 15 is 0 Å². The molecule has 4 rings (SSSR count). The van der Waals surface area contributed by atoms with E-state index in [0.717, 1.165) is 35.5 Å². The van der Waals surface area contributed by atoms with Crippen molar-refractivity contribution in [3.63, 3.8) is 0 Å². The molecule has 4 aliphatic rings. The second-order valence-corrected chi connectivity index (χ2v) is 12.3. The topological polar surface area (TPSA) is 0 Å². The summed E-state index contributed by atoms with van der Waals surface area (Å²) >= 11 is 0. The maximum absolute atomic E-state index is 2.77. The van der Waals surface area contributed by atoms with E-state index in [1.165, 1.54) is 77.0 Å². The fraction of sp³-hybridized carbons (Fsp3) is 0.931. The molecule has 7 atom stereocenters. The molecule has 0 nitrogen and oxygen atoms in total. The minimum atomic E-state index is 0. The van der Waals surface area contributed by atoms with E-state index in [1.54, 1.807) is 6.42 Å². The highest BCUT2D eigenvalue weighted by Gasteiger charge is 2.58. The van der Waals surface area contributed by atoms with Gasteiger partial charge < -0.3 is 0 Å². The van der Waals surface area contributed by atoms with Gasteiger partial charge >= 0.3 is 0 Å². The molecule has 0 spiro atoms. The lowest BCUT2D eigenvalue weighted by Gasteiger charge is -2.58. The van der Waals surface area contributed by atoms with Crippen molar-refractivity contribution < 1.29 is 0 Å². The molecule has 4 aliphatic carbocycles. The lowest BCUT2D eigenvalue weighted by molar-refractivity contribution is -0.0456. The summed E-state index contributed by atoms with van der Waals surface area (Å²) in [6.07, 6.45) is 22.0. The van der Waals surface area contributed by atoms with Crippen molar-refractivity contribution >= 4 is 0 Å². The van der Waals surface area contributed by atoms with Crippen molar-refractivity contribution in [3.8, 4) is 0 Å². The molecule has 0 heteroatoms. The first-order chi connectivity index (χ1) is 13.4. The van der Waals surface area contributed by atoms with Crippen molar-refractivity contribution in [3.05, 3.63) is 11.6 Å². The van der Waals surface area contributed by atoms with Crippen LogP contribution in [0, 0.1) is 46.3 Å². The van der Waals surface area contributed by atoms with Gasteiger partial charge in [0, 0.05) is 0 Å². The smallest absolute Gasteiger partial charge is 0.00851 e. The Balaban J connectivity index is 0.00000240. The second kappa shape index (κ2) is 9.08. The van der Waals surface area contributed by atoms with Crippen LogP contribution >= 0.6 is 0 Å². The highest BCUT2D eigenvalue weighted by molar-refractivity contribution is 5.25. The van der Waals surface area contributed by atoms with Gasteiger partial charge in [-0.25, -0.2) is 0 Å². The maximum atomic E-state index is 2.77. The molecule has 0 aliphatic heterocycles. The van der Waals surface area contributed by atoms with Crippen LogP contribution < -0.4 is 0 Å². The summed E-state index contributed by atoms with van der Waals surface area (Å²) in [5, 5.41) is 0. The molecular formula is C29H52. The van der Waals surface area contributed by atoms with Gasteiger partial charge in [0.05, 0.1) is 0 Å². The lowest BCUT2D eigenvalue weighted by atomic mass is 9.47. The molecule has 29 heavy (non-hydrogen) atoms. The van der Waals surface area contributed by atoms with Crippen molar-refractivity contribution in [1.29, 1.82) is 0 Å². The average Bonchev–Trinajstić information content (AvgIpc) is 3.01. The Morgan fingerprint density at radius 2 is 1.79 bits per heavy atom. The third-order valence-electron chi connectivity index (χ3n) is 10.6. The SMILES string of the molecule is C.CCC1CCC2(C)C(=CCC3C2CCC2(C)C(CCCCC(C)C)CCC32)C1. The zero-order valence-corrected chi connectivity index (χ0v) is 19.7. The fourth-order valence-electron chi connectivity index (χ4n) is 8.61. The third-order valence-corrected chi connectivity index (χ3v) is 10.6. The summed E-state index contributed by atoms with van der Waals surface area (Å²) in [4.78, 5) is 0. The molecule has 3 saturated carbocycles. The minimum Gasteiger partial charge on any atom is -0.0845 e. The molecule has 0 aromatic carbocycles. The molecule has 0 aromatic heterocycles. The van der Waals surface area contributed by atoms with E-state index in [4.69, 9.17) is 0 Å². The van der Waals surface area contributed by atoms with E-state index in [1.807, 2.05) is 5.57 Å². The fourth-order valence-corrected chi connectivity index (χ4v) is 8.61. The van der Waals surface area contributed by atoms with E-state index in [0.29, 0.717) is 10.8 Å². The van der Waals surface area contributed by atoms with Crippen molar-refractivity contribution in [2.75, 3.05) is 0 Å². The quantitative estimate of drug-likeness (QED) is 0.307. The molecule has 168 valence electrons. The Hall–Kier alpha value is -0.260. The Kier molecular flexibility index (Phi) is 7.33. The predicted molar refractivity (Wildman–Crippen MR) is 129 cm³/mol. The van der Waals surface area contributed by atoms with Crippen LogP contribution in [0.5, 0.6) is 0 Å². The number of hydrogen-bond acceptors (Lipinski definition) is 0. The van der Waals surface area contributed by atoms with Gasteiger partial charge in [-0.05, 0) is 104 Å². The van der Waals surface area contributed by atoms with Gasteiger partial charge in [0.25, 0.3) is 0 Å². The molecule has 0 radical (unpaired) electrons. The summed E-state index contributed by atoms with van der Waals surface area (Å²) in [5.74, 6) is 5.93. The molecule has 0 N–H and O–H groups in total. The number of allylic oxidation sites excluding steroid dienone is 2. The van der Waals surface area contributed by atoms with Crippen LogP contribution in [0.15, 0.2) is 11.6 Å². The summed E-state index contributed by atoms with van der Waals surface area (Å²) in [5.41, 5.74) is 3.12. The molecule has 0 saturated heterocycles. The number of hydrogen-bond donors (Lipinski definition) is 0. The maximum Gasteiger partial charge on any atom is -0.00851 e. The van der Waals surface area contributed by atoms with Crippen LogP contribution in [0.3, 0.4) is 0 Å². The van der Waals surface area contributed by atoms with E-state index in [9.17, 15) is 0 Å². The average molecular weight is 401 g/mol. The molecule has 7 unspecified atom stereocenters. The predicted octanol–water partition coefficient (Wildman–Crippen LogP) is 9.44. The molecule has 0 bridgehead atoms. The molecule has 3 fully saturated rings. The van der Waals surface area contributed by atoms with Gasteiger partial charge in [0.1, 0.15) is 0 Å². The number of rotatable bonds is 6. The van der Waals surface area contributed by atoms with Crippen molar-refractivity contribution in [1.82, 2.24) is 0 Å². The van der Waals surface area contributed by atoms with Gasteiger partial charge in [0.2, 0.25) is 0 Å². The highest BCUT2D eigenvalue weighted by Crippen LogP contribution is 2.67. The zero-order valence-electron chi connectivity index (χ0n) is 19.7. The summed E-state index contributed by atoms with van der Waals surface area (Å²) < 4.78 is 0. The van der Waals surface area contributed by atoms with Crippen molar-refractivity contribution in [2.24, 2.45) is 46.3 Å². The lowest BCUT2D eigenvalue weighted by Crippen LogP contribution is -2.50. The first-order valence-electron chi connectivity index (χ1n) is 13.1. The van der Waals surface area contributed by atoms with Crippen LogP contribution in [-0.2, 0) is 0 Å². The zero-order chi connectivity index (χ0) is 19.9. The van der Waals surface area contributed by atoms with Gasteiger partial charge in [-0.1, -0.05) is 79.4 Å². The molecular weight excluding hydrogens is 348 g/mol. The van der Waals surface area contributed by atoms with Crippen LogP contribution in [-0.4, -0.2) is 0 Å². The molecule has 0 amide bonds. The first kappa shape index (κ1) is 23.4. The van der Waals surface area contributed by atoms with Crippen LogP contribution in [0.1, 0.15) is 126 Å².